The summed E-state index contributed by atoms with van der Waals surface area (Å²) in [6.07, 6.45) is 0.606. The molecule has 1 unspecified atom stereocenters. The number of nitrogens with one attached hydrogen (secondary N) is 1. The van der Waals surface area contributed by atoms with Gasteiger partial charge in [-0.3, -0.25) is 0 Å². The minimum absolute atomic E-state index is 0.179. The molecule has 1 atom stereocenters. The minimum Gasteiger partial charge on any atom is -0.208 e. The number of rotatable bonds is 5. The lowest BCUT2D eigenvalue weighted by molar-refractivity contribution is 0.292. The molecule has 0 saturated carbocycles. The maximum absolute atomic E-state index is 12.5. The molecule has 0 aromatic heterocycles. The van der Waals surface area contributed by atoms with E-state index in [4.69, 9.17) is 11.6 Å². The summed E-state index contributed by atoms with van der Waals surface area (Å²) in [6.45, 7) is 9.90. The molecule has 0 aliphatic heterocycles. The maximum Gasteiger partial charge on any atom is 0.240 e. The first-order chi connectivity index (χ1) is 9.08. The Kier molecular flexibility index (Phi) is 5.64. The molecular weight excluding hydrogens is 294 g/mol. The number of halogens is 1. The molecule has 114 valence electrons. The first-order valence-corrected chi connectivity index (χ1v) is 8.75. The number of alkyl halides is 1. The van der Waals surface area contributed by atoms with Crippen LogP contribution in [0.1, 0.15) is 38.3 Å². The molecule has 20 heavy (non-hydrogen) atoms. The lowest BCUT2D eigenvalue weighted by Gasteiger charge is -2.30. The van der Waals surface area contributed by atoms with Gasteiger partial charge < -0.3 is 0 Å². The highest BCUT2D eigenvalue weighted by molar-refractivity contribution is 7.89. The van der Waals surface area contributed by atoms with Gasteiger partial charge in [-0.25, -0.2) is 13.1 Å². The molecular formula is C15H24ClNO2S. The zero-order valence-electron chi connectivity index (χ0n) is 12.8. The quantitative estimate of drug-likeness (QED) is 0.843. The van der Waals surface area contributed by atoms with E-state index in [0.29, 0.717) is 17.2 Å². The summed E-state index contributed by atoms with van der Waals surface area (Å²) in [5.41, 5.74) is 1.87. The molecule has 0 saturated heterocycles. The molecule has 0 amide bonds. The van der Waals surface area contributed by atoms with Gasteiger partial charge in [0.2, 0.25) is 10.0 Å². The van der Waals surface area contributed by atoms with Crippen LogP contribution in [0.2, 0.25) is 0 Å². The van der Waals surface area contributed by atoms with Crippen molar-refractivity contribution in [2.24, 2.45) is 5.41 Å². The van der Waals surface area contributed by atoms with Gasteiger partial charge >= 0.3 is 0 Å². The highest BCUT2D eigenvalue weighted by Gasteiger charge is 2.29. The van der Waals surface area contributed by atoms with Crippen molar-refractivity contribution in [3.8, 4) is 0 Å². The summed E-state index contributed by atoms with van der Waals surface area (Å²) >= 11 is 5.79. The van der Waals surface area contributed by atoms with E-state index in [1.165, 1.54) is 0 Å². The van der Waals surface area contributed by atoms with Crippen LogP contribution in [0.15, 0.2) is 23.1 Å². The van der Waals surface area contributed by atoms with E-state index >= 15 is 0 Å². The van der Waals surface area contributed by atoms with Crippen molar-refractivity contribution in [3.63, 3.8) is 0 Å². The van der Waals surface area contributed by atoms with E-state index in [2.05, 4.69) is 4.72 Å². The monoisotopic (exact) mass is 317 g/mol. The third-order valence-electron chi connectivity index (χ3n) is 3.53. The van der Waals surface area contributed by atoms with Gasteiger partial charge in [0, 0.05) is 11.9 Å². The average molecular weight is 318 g/mol. The fourth-order valence-electron chi connectivity index (χ4n) is 1.91. The van der Waals surface area contributed by atoms with Crippen molar-refractivity contribution >= 4 is 21.6 Å². The highest BCUT2D eigenvalue weighted by atomic mass is 35.5. The first-order valence-electron chi connectivity index (χ1n) is 6.73. The van der Waals surface area contributed by atoms with Crippen LogP contribution in [0.3, 0.4) is 0 Å². The van der Waals surface area contributed by atoms with E-state index in [-0.39, 0.29) is 11.5 Å². The van der Waals surface area contributed by atoms with Crippen LogP contribution in [0, 0.1) is 19.3 Å². The molecule has 0 aliphatic rings. The Balaban J connectivity index is 3.06. The predicted octanol–water partition coefficient (Wildman–Crippen LogP) is 3.63. The van der Waals surface area contributed by atoms with Crippen molar-refractivity contribution in [3.05, 3.63) is 29.3 Å². The van der Waals surface area contributed by atoms with Gasteiger partial charge in [-0.05, 0) is 48.9 Å². The van der Waals surface area contributed by atoms with Gasteiger partial charge in [-0.2, -0.15) is 0 Å². The summed E-state index contributed by atoms with van der Waals surface area (Å²) in [5, 5.41) is 0. The smallest absolute Gasteiger partial charge is 0.208 e. The number of hydrogen-bond acceptors (Lipinski definition) is 2. The highest BCUT2D eigenvalue weighted by Crippen LogP contribution is 2.24. The van der Waals surface area contributed by atoms with Gasteiger partial charge in [0.1, 0.15) is 0 Å². The third-order valence-corrected chi connectivity index (χ3v) is 5.22. The van der Waals surface area contributed by atoms with E-state index in [9.17, 15) is 8.42 Å². The molecule has 0 fully saturated rings. The SMILES string of the molecule is Cc1ccc(S(=O)(=O)NC(CCCl)C(C)(C)C)cc1C. The Labute approximate surface area is 127 Å². The minimum atomic E-state index is -3.51. The maximum atomic E-state index is 12.5. The van der Waals surface area contributed by atoms with E-state index in [1.54, 1.807) is 12.1 Å². The van der Waals surface area contributed by atoms with Gasteiger partial charge in [-0.1, -0.05) is 26.8 Å². The standard InChI is InChI=1S/C15H24ClNO2S/c1-11-6-7-13(10-12(11)2)20(18,19)17-14(8-9-16)15(3,4)5/h6-7,10,14,17H,8-9H2,1-5H3. The number of aryl methyl sites for hydroxylation is 2. The second kappa shape index (κ2) is 6.46. The molecule has 1 N–H and O–H groups in total. The van der Waals surface area contributed by atoms with E-state index in [0.717, 1.165) is 11.1 Å². The Morgan fingerprint density at radius 2 is 1.80 bits per heavy atom. The largest absolute Gasteiger partial charge is 0.240 e. The third kappa shape index (κ3) is 4.47. The normalized spacial score (nSPS) is 14.3. The Bertz CT molecular complexity index is 562. The van der Waals surface area contributed by atoms with Crippen molar-refractivity contribution in [1.82, 2.24) is 4.72 Å². The second-order valence-corrected chi connectivity index (χ2v) is 8.36. The van der Waals surface area contributed by atoms with E-state index in [1.807, 2.05) is 40.7 Å². The number of sulfonamides is 1. The van der Waals surface area contributed by atoms with Gasteiger partial charge in [0.25, 0.3) is 0 Å². The molecule has 1 rings (SSSR count). The summed E-state index contributed by atoms with van der Waals surface area (Å²) < 4.78 is 27.7. The molecule has 0 heterocycles. The fraction of sp³-hybridized carbons (Fsp3) is 0.600. The summed E-state index contributed by atoms with van der Waals surface area (Å²) in [4.78, 5) is 0.310. The predicted molar refractivity (Wildman–Crippen MR) is 84.8 cm³/mol. The van der Waals surface area contributed by atoms with Crippen LogP contribution >= 0.6 is 11.6 Å². The van der Waals surface area contributed by atoms with Crippen molar-refractivity contribution in [1.29, 1.82) is 0 Å². The lowest BCUT2D eigenvalue weighted by Crippen LogP contribution is -2.43. The van der Waals surface area contributed by atoms with Gasteiger partial charge in [0.05, 0.1) is 4.90 Å². The molecule has 1 aromatic rings. The number of hydrogen-bond donors (Lipinski definition) is 1. The van der Waals surface area contributed by atoms with Crippen molar-refractivity contribution in [2.75, 3.05) is 5.88 Å². The topological polar surface area (TPSA) is 46.2 Å². The summed E-state index contributed by atoms with van der Waals surface area (Å²) in [7, 11) is -3.51. The Hall–Kier alpha value is -0.580. The average Bonchev–Trinajstić information content (AvgIpc) is 2.30. The molecule has 5 heteroatoms. The van der Waals surface area contributed by atoms with Crippen LogP contribution in [0.25, 0.3) is 0 Å². The fourth-order valence-corrected chi connectivity index (χ4v) is 3.69. The zero-order valence-corrected chi connectivity index (χ0v) is 14.4. The number of benzene rings is 1. The molecule has 0 aliphatic carbocycles. The lowest BCUT2D eigenvalue weighted by atomic mass is 9.86. The molecule has 0 radical (unpaired) electrons. The first kappa shape index (κ1) is 17.5. The molecule has 0 spiro atoms. The summed E-state index contributed by atoms with van der Waals surface area (Å²) in [5.74, 6) is 0.428. The van der Waals surface area contributed by atoms with Crippen LogP contribution in [0.4, 0.5) is 0 Å². The van der Waals surface area contributed by atoms with Gasteiger partial charge in [0.15, 0.2) is 0 Å². The van der Waals surface area contributed by atoms with Crippen LogP contribution in [0.5, 0.6) is 0 Å². The van der Waals surface area contributed by atoms with Crippen LogP contribution in [-0.2, 0) is 10.0 Å². The second-order valence-electron chi connectivity index (χ2n) is 6.26. The summed E-state index contributed by atoms with van der Waals surface area (Å²) in [6, 6.07) is 4.99. The molecule has 1 aromatic carbocycles. The van der Waals surface area contributed by atoms with Gasteiger partial charge in [-0.15, -0.1) is 11.6 Å². The van der Waals surface area contributed by atoms with E-state index < -0.39 is 10.0 Å². The molecule has 0 bridgehead atoms. The van der Waals surface area contributed by atoms with Crippen LogP contribution < -0.4 is 4.72 Å². The Morgan fingerprint density at radius 3 is 2.25 bits per heavy atom. The zero-order chi connectivity index (χ0) is 15.6. The van der Waals surface area contributed by atoms with Crippen molar-refractivity contribution < 1.29 is 8.42 Å². The molecule has 3 nitrogen and oxygen atoms in total. The van der Waals surface area contributed by atoms with Crippen molar-refractivity contribution in [2.45, 2.75) is 52.0 Å². The Morgan fingerprint density at radius 1 is 1.20 bits per heavy atom. The van der Waals surface area contributed by atoms with Crippen LogP contribution in [-0.4, -0.2) is 20.3 Å².